The van der Waals surface area contributed by atoms with E-state index < -0.39 is 18.1 Å². The van der Waals surface area contributed by atoms with E-state index in [1.165, 1.54) is 7.11 Å². The number of halogens is 4. The Hall–Kier alpha value is -1.66. The molecular weight excluding hydrogens is 242 g/mol. The topological polar surface area (TPSA) is 44.5 Å². The van der Waals surface area contributed by atoms with E-state index in [0.29, 0.717) is 0 Å². The molecular formula is C10H11F4NO2. The molecule has 0 amide bonds. The molecule has 17 heavy (non-hydrogen) atoms. The molecule has 3 nitrogen and oxygen atoms in total. The van der Waals surface area contributed by atoms with Crippen LogP contribution in [0.4, 0.5) is 23.2 Å². The molecule has 7 heteroatoms. The summed E-state index contributed by atoms with van der Waals surface area (Å²) in [4.78, 5) is 0. The van der Waals surface area contributed by atoms with Gasteiger partial charge in [-0.05, 0) is 6.92 Å². The van der Waals surface area contributed by atoms with Crippen LogP contribution in [-0.2, 0) is 0 Å². The zero-order valence-corrected chi connectivity index (χ0v) is 9.14. The minimum absolute atomic E-state index is 0.223. The summed E-state index contributed by atoms with van der Waals surface area (Å²) in [5, 5.41) is 0. The van der Waals surface area contributed by atoms with Gasteiger partial charge in [-0.25, -0.2) is 4.39 Å². The van der Waals surface area contributed by atoms with Gasteiger partial charge in [-0.2, -0.15) is 13.2 Å². The van der Waals surface area contributed by atoms with Crippen molar-refractivity contribution >= 4 is 5.69 Å². The molecule has 0 aliphatic carbocycles. The van der Waals surface area contributed by atoms with Crippen LogP contribution in [0.25, 0.3) is 0 Å². The summed E-state index contributed by atoms with van der Waals surface area (Å²) in [6.45, 7) is 0.829. The van der Waals surface area contributed by atoms with E-state index in [4.69, 9.17) is 5.73 Å². The first-order valence-electron chi connectivity index (χ1n) is 4.62. The summed E-state index contributed by atoms with van der Waals surface area (Å²) >= 11 is 0. The zero-order chi connectivity index (χ0) is 13.2. The number of alkyl halides is 3. The highest BCUT2D eigenvalue weighted by Gasteiger charge is 2.38. The van der Waals surface area contributed by atoms with Gasteiger partial charge < -0.3 is 15.2 Å². The number of nitrogens with two attached hydrogens (primary N) is 1. The second kappa shape index (κ2) is 4.68. The second-order valence-corrected chi connectivity index (χ2v) is 3.33. The maximum absolute atomic E-state index is 13.1. The van der Waals surface area contributed by atoms with E-state index >= 15 is 0 Å². The van der Waals surface area contributed by atoms with E-state index in [1.54, 1.807) is 0 Å². The second-order valence-electron chi connectivity index (χ2n) is 3.33. The third-order valence-electron chi connectivity index (χ3n) is 2.05. The largest absolute Gasteiger partial charge is 0.494 e. The lowest BCUT2D eigenvalue weighted by molar-refractivity contribution is -0.189. The van der Waals surface area contributed by atoms with Gasteiger partial charge in [0.05, 0.1) is 12.8 Å². The molecule has 0 radical (unpaired) electrons. The molecule has 96 valence electrons. The number of hydrogen-bond acceptors (Lipinski definition) is 3. The van der Waals surface area contributed by atoms with Crippen LogP contribution in [0.3, 0.4) is 0 Å². The predicted molar refractivity (Wildman–Crippen MR) is 53.5 cm³/mol. The summed E-state index contributed by atoms with van der Waals surface area (Å²) in [6, 6.07) is 1.82. The van der Waals surface area contributed by atoms with Gasteiger partial charge in [-0.3, -0.25) is 0 Å². The number of methoxy groups -OCH3 is 1. The number of nitrogen functional groups attached to an aromatic ring is 1. The van der Waals surface area contributed by atoms with Gasteiger partial charge in [-0.15, -0.1) is 0 Å². The molecule has 1 atom stereocenters. The van der Waals surface area contributed by atoms with Gasteiger partial charge in [0.25, 0.3) is 0 Å². The van der Waals surface area contributed by atoms with Gasteiger partial charge in [0.15, 0.2) is 17.7 Å². The Morgan fingerprint density at radius 3 is 2.29 bits per heavy atom. The molecule has 1 aromatic rings. The Morgan fingerprint density at radius 1 is 1.24 bits per heavy atom. The lowest BCUT2D eigenvalue weighted by atomic mass is 10.2. The SMILES string of the molecule is COc1cc(OC(C)C(F)(F)F)c(N)cc1F. The molecule has 2 N–H and O–H groups in total. The van der Waals surface area contributed by atoms with Crippen molar-refractivity contribution in [3.63, 3.8) is 0 Å². The van der Waals surface area contributed by atoms with Crippen molar-refractivity contribution in [2.75, 3.05) is 12.8 Å². The van der Waals surface area contributed by atoms with E-state index in [9.17, 15) is 17.6 Å². The van der Waals surface area contributed by atoms with Crippen molar-refractivity contribution in [2.24, 2.45) is 0 Å². The van der Waals surface area contributed by atoms with E-state index in [0.717, 1.165) is 19.1 Å². The van der Waals surface area contributed by atoms with Gasteiger partial charge in [-0.1, -0.05) is 0 Å². The number of benzene rings is 1. The Balaban J connectivity index is 2.99. The Labute approximate surface area is 95.1 Å². The molecule has 1 rings (SSSR count). The van der Waals surface area contributed by atoms with Crippen LogP contribution in [-0.4, -0.2) is 19.4 Å². The summed E-state index contributed by atoms with van der Waals surface area (Å²) in [5.74, 6) is -1.27. The molecule has 0 saturated carbocycles. The molecule has 0 aliphatic rings. The third kappa shape index (κ3) is 3.15. The van der Waals surface area contributed by atoms with Gasteiger partial charge in [0.2, 0.25) is 0 Å². The Bertz CT molecular complexity index is 406. The van der Waals surface area contributed by atoms with Crippen LogP contribution in [0, 0.1) is 5.82 Å². The molecule has 0 aromatic heterocycles. The van der Waals surface area contributed by atoms with Gasteiger partial charge in [0, 0.05) is 12.1 Å². The van der Waals surface area contributed by atoms with Crippen molar-refractivity contribution in [1.82, 2.24) is 0 Å². The summed E-state index contributed by atoms with van der Waals surface area (Å²) < 4.78 is 59.1. The van der Waals surface area contributed by atoms with Crippen molar-refractivity contribution in [3.05, 3.63) is 17.9 Å². The molecule has 0 spiro atoms. The normalized spacial score (nSPS) is 13.3. The zero-order valence-electron chi connectivity index (χ0n) is 9.14. The fourth-order valence-electron chi connectivity index (χ4n) is 1.07. The van der Waals surface area contributed by atoms with Crippen LogP contribution in [0.15, 0.2) is 12.1 Å². The number of ether oxygens (including phenoxy) is 2. The summed E-state index contributed by atoms with van der Waals surface area (Å²) in [7, 11) is 1.19. The number of hydrogen-bond donors (Lipinski definition) is 1. The number of anilines is 1. The summed E-state index contributed by atoms with van der Waals surface area (Å²) in [6.07, 6.45) is -6.56. The Morgan fingerprint density at radius 2 is 1.82 bits per heavy atom. The molecule has 1 unspecified atom stereocenters. The van der Waals surface area contributed by atoms with Crippen molar-refractivity contribution < 1.29 is 27.0 Å². The average molecular weight is 253 g/mol. The number of rotatable bonds is 3. The third-order valence-corrected chi connectivity index (χ3v) is 2.05. The van der Waals surface area contributed by atoms with Crippen LogP contribution in [0.1, 0.15) is 6.92 Å². The maximum Gasteiger partial charge on any atom is 0.425 e. The van der Waals surface area contributed by atoms with Crippen molar-refractivity contribution in [2.45, 2.75) is 19.2 Å². The predicted octanol–water partition coefficient (Wildman–Crippen LogP) is 2.75. The lowest BCUT2D eigenvalue weighted by Gasteiger charge is -2.19. The fourth-order valence-corrected chi connectivity index (χ4v) is 1.07. The van der Waals surface area contributed by atoms with Crippen molar-refractivity contribution in [1.29, 1.82) is 0 Å². The highest BCUT2D eigenvalue weighted by molar-refractivity contribution is 5.56. The van der Waals surface area contributed by atoms with E-state index in [-0.39, 0.29) is 17.2 Å². The average Bonchev–Trinajstić information content (AvgIpc) is 2.20. The highest BCUT2D eigenvalue weighted by atomic mass is 19.4. The van der Waals surface area contributed by atoms with Crippen LogP contribution in [0.2, 0.25) is 0 Å². The highest BCUT2D eigenvalue weighted by Crippen LogP contribution is 2.33. The van der Waals surface area contributed by atoms with E-state index in [1.807, 2.05) is 0 Å². The minimum Gasteiger partial charge on any atom is -0.494 e. The quantitative estimate of drug-likeness (QED) is 0.665. The van der Waals surface area contributed by atoms with Crippen LogP contribution in [0.5, 0.6) is 11.5 Å². The first kappa shape index (κ1) is 13.4. The van der Waals surface area contributed by atoms with Crippen molar-refractivity contribution in [3.8, 4) is 11.5 Å². The monoisotopic (exact) mass is 253 g/mol. The fraction of sp³-hybridized carbons (Fsp3) is 0.400. The maximum atomic E-state index is 13.1. The summed E-state index contributed by atoms with van der Waals surface area (Å²) in [5.41, 5.74) is 5.13. The minimum atomic E-state index is -4.52. The van der Waals surface area contributed by atoms with Gasteiger partial charge in [0.1, 0.15) is 5.75 Å². The molecule has 1 aromatic carbocycles. The van der Waals surface area contributed by atoms with Crippen LogP contribution < -0.4 is 15.2 Å². The van der Waals surface area contributed by atoms with Crippen LogP contribution >= 0.6 is 0 Å². The standard InChI is InChI=1S/C10H11F4NO2/c1-5(10(12,13)14)17-9-4-8(16-2)6(11)3-7(9)15/h3-5H,15H2,1-2H3. The lowest BCUT2D eigenvalue weighted by Crippen LogP contribution is -2.31. The molecule has 0 saturated heterocycles. The molecule has 0 bridgehead atoms. The molecule has 0 fully saturated rings. The van der Waals surface area contributed by atoms with Gasteiger partial charge >= 0.3 is 6.18 Å². The Kier molecular flexibility index (Phi) is 3.69. The smallest absolute Gasteiger partial charge is 0.425 e. The molecule has 0 aliphatic heterocycles. The first-order valence-corrected chi connectivity index (χ1v) is 4.62. The molecule has 0 heterocycles. The first-order chi connectivity index (χ1) is 7.75. The van der Waals surface area contributed by atoms with E-state index in [2.05, 4.69) is 9.47 Å².